The van der Waals surface area contributed by atoms with E-state index in [9.17, 15) is 4.79 Å². The predicted octanol–water partition coefficient (Wildman–Crippen LogP) is 2.56. The van der Waals surface area contributed by atoms with Gasteiger partial charge in [-0.2, -0.15) is 5.10 Å². The average Bonchev–Trinajstić information content (AvgIpc) is 2.46. The summed E-state index contributed by atoms with van der Waals surface area (Å²) in [5.41, 5.74) is -0.474. The van der Waals surface area contributed by atoms with Gasteiger partial charge in [0.25, 0.3) is 0 Å². The Bertz CT molecular complexity index is 384. The van der Waals surface area contributed by atoms with E-state index in [2.05, 4.69) is 26.3 Å². The van der Waals surface area contributed by atoms with Gasteiger partial charge >= 0.3 is 6.09 Å². The molecule has 6 heteroatoms. The zero-order valence-electron chi connectivity index (χ0n) is 10.5. The van der Waals surface area contributed by atoms with Crippen LogP contribution in [0.3, 0.4) is 0 Å². The molecule has 1 atom stereocenters. The highest BCUT2D eigenvalue weighted by atomic mass is 79.9. The first-order valence-corrected chi connectivity index (χ1v) is 6.24. The van der Waals surface area contributed by atoms with E-state index >= 15 is 0 Å². The van der Waals surface area contributed by atoms with Crippen LogP contribution in [-0.4, -0.2) is 27.5 Å². The summed E-state index contributed by atoms with van der Waals surface area (Å²) in [5.74, 6) is 0. The number of hydrogen-bond acceptors (Lipinski definition) is 3. The van der Waals surface area contributed by atoms with E-state index in [1.165, 1.54) is 0 Å². The highest BCUT2D eigenvalue weighted by molar-refractivity contribution is 9.10. The van der Waals surface area contributed by atoms with Crippen molar-refractivity contribution in [1.82, 2.24) is 15.1 Å². The van der Waals surface area contributed by atoms with E-state index in [-0.39, 0.29) is 6.04 Å². The molecule has 0 saturated carbocycles. The third kappa shape index (κ3) is 5.72. The SMILES string of the molecule is CC(Cn1ccc(Br)n1)NC(=O)OC(C)(C)C. The molecule has 0 aliphatic heterocycles. The van der Waals surface area contributed by atoms with Gasteiger partial charge in [0, 0.05) is 12.2 Å². The largest absolute Gasteiger partial charge is 0.444 e. The Balaban J connectivity index is 2.39. The number of rotatable bonds is 3. The molecular weight excluding hydrogens is 286 g/mol. The number of carbonyl (C=O) groups excluding carboxylic acids is 1. The fourth-order valence-corrected chi connectivity index (χ4v) is 1.60. The van der Waals surface area contributed by atoms with Crippen molar-refractivity contribution in [3.05, 3.63) is 16.9 Å². The first-order chi connectivity index (χ1) is 7.76. The molecule has 0 fully saturated rings. The Morgan fingerprint density at radius 2 is 2.29 bits per heavy atom. The van der Waals surface area contributed by atoms with Crippen molar-refractivity contribution < 1.29 is 9.53 Å². The maximum Gasteiger partial charge on any atom is 0.407 e. The van der Waals surface area contributed by atoms with Gasteiger partial charge in [0.1, 0.15) is 10.2 Å². The second kappa shape index (κ2) is 5.53. The van der Waals surface area contributed by atoms with E-state index < -0.39 is 11.7 Å². The molecule has 1 amide bonds. The molecular formula is C11H18BrN3O2. The number of nitrogens with one attached hydrogen (secondary N) is 1. The van der Waals surface area contributed by atoms with Crippen molar-refractivity contribution in [3.8, 4) is 0 Å². The lowest BCUT2D eigenvalue weighted by Gasteiger charge is -2.21. The lowest BCUT2D eigenvalue weighted by Crippen LogP contribution is -2.39. The number of aromatic nitrogens is 2. The van der Waals surface area contributed by atoms with Gasteiger partial charge in [0.15, 0.2) is 0 Å². The topological polar surface area (TPSA) is 56.2 Å². The smallest absolute Gasteiger partial charge is 0.407 e. The number of nitrogens with zero attached hydrogens (tertiary/aromatic N) is 2. The molecule has 96 valence electrons. The Labute approximate surface area is 110 Å². The summed E-state index contributed by atoms with van der Waals surface area (Å²) in [7, 11) is 0. The number of carbonyl (C=O) groups is 1. The van der Waals surface area contributed by atoms with Crippen molar-refractivity contribution in [2.24, 2.45) is 0 Å². The number of alkyl carbamates (subject to hydrolysis) is 1. The molecule has 17 heavy (non-hydrogen) atoms. The van der Waals surface area contributed by atoms with Crippen LogP contribution in [0.4, 0.5) is 4.79 Å². The normalized spacial score (nSPS) is 13.2. The molecule has 1 N–H and O–H groups in total. The average molecular weight is 304 g/mol. The highest BCUT2D eigenvalue weighted by Crippen LogP contribution is 2.07. The minimum absolute atomic E-state index is 0.0448. The van der Waals surface area contributed by atoms with Crippen LogP contribution < -0.4 is 5.32 Å². The number of hydrogen-bond donors (Lipinski definition) is 1. The number of halogens is 1. The molecule has 5 nitrogen and oxygen atoms in total. The Kier molecular flexibility index (Phi) is 4.56. The van der Waals surface area contributed by atoms with Gasteiger partial charge in [-0.05, 0) is 49.7 Å². The maximum atomic E-state index is 11.5. The zero-order valence-corrected chi connectivity index (χ0v) is 12.1. The van der Waals surface area contributed by atoms with Crippen molar-refractivity contribution >= 4 is 22.0 Å². The minimum atomic E-state index is -0.474. The Hall–Kier alpha value is -1.04. The Morgan fingerprint density at radius 3 is 2.76 bits per heavy atom. The minimum Gasteiger partial charge on any atom is -0.444 e. The second-order valence-corrected chi connectivity index (χ2v) is 5.72. The molecule has 1 rings (SSSR count). The summed E-state index contributed by atoms with van der Waals surface area (Å²) in [6.45, 7) is 8.01. The molecule has 0 spiro atoms. The summed E-state index contributed by atoms with van der Waals surface area (Å²) >= 11 is 3.27. The molecule has 0 bridgehead atoms. The van der Waals surface area contributed by atoms with E-state index in [0.717, 1.165) is 4.60 Å². The highest BCUT2D eigenvalue weighted by Gasteiger charge is 2.17. The van der Waals surface area contributed by atoms with Crippen LogP contribution in [0, 0.1) is 0 Å². The van der Waals surface area contributed by atoms with Crippen molar-refractivity contribution in [2.75, 3.05) is 0 Å². The molecule has 0 aliphatic carbocycles. The summed E-state index contributed by atoms with van der Waals surface area (Å²) in [6.07, 6.45) is 1.44. The molecule has 0 aromatic carbocycles. The molecule has 0 radical (unpaired) electrons. The van der Waals surface area contributed by atoms with Crippen LogP contribution in [0.2, 0.25) is 0 Å². The van der Waals surface area contributed by atoms with Crippen molar-refractivity contribution in [2.45, 2.75) is 45.9 Å². The van der Waals surface area contributed by atoms with Gasteiger partial charge in [-0.15, -0.1) is 0 Å². The van der Waals surface area contributed by atoms with Gasteiger partial charge < -0.3 is 10.1 Å². The van der Waals surface area contributed by atoms with Crippen molar-refractivity contribution in [1.29, 1.82) is 0 Å². The van der Waals surface area contributed by atoms with E-state index in [0.29, 0.717) is 6.54 Å². The van der Waals surface area contributed by atoms with Gasteiger partial charge in [-0.3, -0.25) is 4.68 Å². The van der Waals surface area contributed by atoms with Crippen LogP contribution >= 0.6 is 15.9 Å². The summed E-state index contributed by atoms with van der Waals surface area (Å²) in [5, 5.41) is 6.93. The Morgan fingerprint density at radius 1 is 1.65 bits per heavy atom. The van der Waals surface area contributed by atoms with Crippen LogP contribution in [0.1, 0.15) is 27.7 Å². The van der Waals surface area contributed by atoms with Gasteiger partial charge in [-0.25, -0.2) is 4.79 Å². The quantitative estimate of drug-likeness (QED) is 0.933. The lowest BCUT2D eigenvalue weighted by atomic mass is 10.2. The standard InChI is InChI=1S/C11H18BrN3O2/c1-8(7-15-6-5-9(12)14-15)13-10(16)17-11(2,3)4/h5-6,8H,7H2,1-4H3,(H,13,16). The van der Waals surface area contributed by atoms with Gasteiger partial charge in [-0.1, -0.05) is 0 Å². The third-order valence-corrected chi connectivity index (χ3v) is 2.26. The van der Waals surface area contributed by atoms with Crippen molar-refractivity contribution in [3.63, 3.8) is 0 Å². The first-order valence-electron chi connectivity index (χ1n) is 5.45. The zero-order chi connectivity index (χ0) is 13.1. The molecule has 0 saturated heterocycles. The fraction of sp³-hybridized carbons (Fsp3) is 0.636. The number of ether oxygens (including phenoxy) is 1. The maximum absolute atomic E-state index is 11.5. The fourth-order valence-electron chi connectivity index (χ4n) is 1.27. The predicted molar refractivity (Wildman–Crippen MR) is 68.8 cm³/mol. The molecule has 1 unspecified atom stereocenters. The van der Waals surface area contributed by atoms with Crippen LogP contribution in [0.5, 0.6) is 0 Å². The summed E-state index contributed by atoms with van der Waals surface area (Å²) in [4.78, 5) is 11.5. The van der Waals surface area contributed by atoms with E-state index in [1.54, 1.807) is 4.68 Å². The lowest BCUT2D eigenvalue weighted by molar-refractivity contribution is 0.0503. The summed E-state index contributed by atoms with van der Waals surface area (Å²) < 4.78 is 7.70. The third-order valence-electron chi connectivity index (χ3n) is 1.83. The van der Waals surface area contributed by atoms with Crippen LogP contribution in [-0.2, 0) is 11.3 Å². The first kappa shape index (κ1) is 14.0. The molecule has 1 aromatic rings. The van der Waals surface area contributed by atoms with E-state index in [1.807, 2.05) is 40.0 Å². The van der Waals surface area contributed by atoms with Gasteiger partial charge in [0.05, 0.1) is 6.54 Å². The molecule has 1 aromatic heterocycles. The number of amides is 1. The van der Waals surface area contributed by atoms with Crippen LogP contribution in [0.25, 0.3) is 0 Å². The van der Waals surface area contributed by atoms with Gasteiger partial charge in [0.2, 0.25) is 0 Å². The van der Waals surface area contributed by atoms with Crippen LogP contribution in [0.15, 0.2) is 16.9 Å². The monoisotopic (exact) mass is 303 g/mol. The summed E-state index contributed by atoms with van der Waals surface area (Å²) in [6, 6.07) is 1.80. The molecule has 1 heterocycles. The second-order valence-electron chi connectivity index (χ2n) is 4.91. The molecule has 0 aliphatic rings. The van der Waals surface area contributed by atoms with E-state index in [4.69, 9.17) is 4.74 Å².